The van der Waals surface area contributed by atoms with E-state index < -0.39 is 0 Å². The van der Waals surface area contributed by atoms with Gasteiger partial charge in [-0.2, -0.15) is 0 Å². The van der Waals surface area contributed by atoms with E-state index in [1.807, 2.05) is 12.1 Å². The summed E-state index contributed by atoms with van der Waals surface area (Å²) in [5.74, 6) is 1.35. The van der Waals surface area contributed by atoms with Gasteiger partial charge in [0.15, 0.2) is 5.13 Å². The summed E-state index contributed by atoms with van der Waals surface area (Å²) in [5.41, 5.74) is 2.28. The first kappa shape index (κ1) is 15.4. The van der Waals surface area contributed by atoms with Crippen molar-refractivity contribution in [2.75, 3.05) is 18.6 Å². The van der Waals surface area contributed by atoms with Gasteiger partial charge in [0.2, 0.25) is 0 Å². The molecule has 1 aliphatic rings. The highest BCUT2D eigenvalue weighted by Gasteiger charge is 2.24. The third kappa shape index (κ3) is 2.44. The third-order valence-corrected chi connectivity index (χ3v) is 5.70. The number of methoxy groups -OCH3 is 1. The lowest BCUT2D eigenvalue weighted by molar-refractivity contribution is 0.419. The molecule has 0 saturated heterocycles. The zero-order valence-electron chi connectivity index (χ0n) is 13.2. The summed E-state index contributed by atoms with van der Waals surface area (Å²) in [6.07, 6.45) is 0.723. The molecule has 0 unspecified atom stereocenters. The summed E-state index contributed by atoms with van der Waals surface area (Å²) in [7, 11) is 1.62. The van der Waals surface area contributed by atoms with Crippen LogP contribution in [0.1, 0.15) is 17.1 Å². The Morgan fingerprint density at radius 2 is 2.21 bits per heavy atom. The van der Waals surface area contributed by atoms with Gasteiger partial charge in [-0.15, -0.1) is 0 Å². The highest BCUT2D eigenvalue weighted by Crippen LogP contribution is 2.39. The van der Waals surface area contributed by atoms with E-state index in [9.17, 15) is 4.79 Å². The number of aromatic amines is 1. The second-order valence-electron chi connectivity index (χ2n) is 5.67. The molecule has 0 atom stereocenters. The Hall–Kier alpha value is -2.12. The average molecular weight is 363 g/mol. The van der Waals surface area contributed by atoms with E-state index in [0.717, 1.165) is 34.0 Å². The molecular weight excluding hydrogens is 348 g/mol. The summed E-state index contributed by atoms with van der Waals surface area (Å²) in [4.78, 5) is 26.2. The van der Waals surface area contributed by atoms with Crippen molar-refractivity contribution in [3.63, 3.8) is 0 Å². The monoisotopic (exact) mass is 362 g/mol. The fourth-order valence-corrected chi connectivity index (χ4v) is 4.23. The van der Waals surface area contributed by atoms with Crippen molar-refractivity contribution in [1.82, 2.24) is 15.0 Å². The molecule has 124 valence electrons. The van der Waals surface area contributed by atoms with Crippen LogP contribution < -0.4 is 15.2 Å². The minimum atomic E-state index is -0.0704. The number of hydrogen-bond acceptors (Lipinski definition) is 6. The highest BCUT2D eigenvalue weighted by atomic mass is 35.5. The number of ether oxygens (including phenoxy) is 1. The van der Waals surface area contributed by atoms with E-state index in [1.165, 1.54) is 11.3 Å². The zero-order valence-corrected chi connectivity index (χ0v) is 14.8. The molecule has 2 aromatic heterocycles. The lowest BCUT2D eigenvalue weighted by atomic mass is 10.1. The molecular formula is C16H15ClN4O2S. The molecule has 0 aliphatic carbocycles. The molecule has 0 saturated carbocycles. The van der Waals surface area contributed by atoms with Gasteiger partial charge in [-0.05, 0) is 19.1 Å². The molecule has 0 amide bonds. The zero-order chi connectivity index (χ0) is 16.8. The first-order valence-corrected chi connectivity index (χ1v) is 8.73. The van der Waals surface area contributed by atoms with E-state index in [0.29, 0.717) is 28.7 Å². The highest BCUT2D eigenvalue weighted by molar-refractivity contribution is 7.22. The van der Waals surface area contributed by atoms with Crippen molar-refractivity contribution in [2.24, 2.45) is 0 Å². The number of halogens is 1. The van der Waals surface area contributed by atoms with Gasteiger partial charge in [0.1, 0.15) is 17.1 Å². The Morgan fingerprint density at radius 3 is 3.00 bits per heavy atom. The summed E-state index contributed by atoms with van der Waals surface area (Å²) in [6, 6.07) is 3.63. The Labute approximate surface area is 147 Å². The number of rotatable bonds is 2. The SMILES string of the molecule is COc1ccc(Cl)c2sc(N3CCc4nc(C)[nH]c(=O)c4C3)nc12. The maximum Gasteiger partial charge on any atom is 0.256 e. The number of hydrogen-bond donors (Lipinski definition) is 1. The first-order chi connectivity index (χ1) is 11.6. The molecule has 4 rings (SSSR count). The summed E-state index contributed by atoms with van der Waals surface area (Å²) in [6.45, 7) is 3.07. The Morgan fingerprint density at radius 1 is 1.38 bits per heavy atom. The van der Waals surface area contributed by atoms with E-state index in [1.54, 1.807) is 14.0 Å². The van der Waals surface area contributed by atoms with Crippen molar-refractivity contribution in [3.05, 3.63) is 44.6 Å². The average Bonchev–Trinajstić information content (AvgIpc) is 3.01. The number of anilines is 1. The van der Waals surface area contributed by atoms with Crippen LogP contribution in [0.3, 0.4) is 0 Å². The van der Waals surface area contributed by atoms with Crippen LogP contribution in [0.15, 0.2) is 16.9 Å². The van der Waals surface area contributed by atoms with Crippen LogP contribution in [0.4, 0.5) is 5.13 Å². The maximum atomic E-state index is 12.2. The fourth-order valence-electron chi connectivity index (χ4n) is 2.95. The van der Waals surface area contributed by atoms with Crippen LogP contribution in [0.25, 0.3) is 10.2 Å². The van der Waals surface area contributed by atoms with Gasteiger partial charge in [-0.1, -0.05) is 22.9 Å². The molecule has 0 fully saturated rings. The van der Waals surface area contributed by atoms with Gasteiger partial charge in [-0.25, -0.2) is 9.97 Å². The van der Waals surface area contributed by atoms with E-state index in [-0.39, 0.29) is 5.56 Å². The number of benzene rings is 1. The number of aromatic nitrogens is 3. The van der Waals surface area contributed by atoms with Crippen LogP contribution in [0, 0.1) is 6.92 Å². The standard InChI is InChI=1S/C16H15ClN4O2S/c1-8-18-11-5-6-21(7-9(11)15(22)19-8)16-20-13-12(23-2)4-3-10(17)14(13)24-16/h3-4H,5-7H2,1-2H3,(H,18,19,22). The van der Waals surface area contributed by atoms with Crippen LogP contribution in [0.5, 0.6) is 5.75 Å². The number of fused-ring (bicyclic) bond motifs is 2. The summed E-state index contributed by atoms with van der Waals surface area (Å²) < 4.78 is 6.27. The smallest absolute Gasteiger partial charge is 0.256 e. The van der Waals surface area contributed by atoms with E-state index >= 15 is 0 Å². The van der Waals surface area contributed by atoms with Crippen molar-refractivity contribution in [2.45, 2.75) is 19.9 Å². The lowest BCUT2D eigenvalue weighted by Gasteiger charge is -2.27. The maximum absolute atomic E-state index is 12.2. The van der Waals surface area contributed by atoms with Crippen LogP contribution in [-0.2, 0) is 13.0 Å². The molecule has 1 N–H and O–H groups in total. The molecule has 6 nitrogen and oxygen atoms in total. The van der Waals surface area contributed by atoms with Crippen LogP contribution in [-0.4, -0.2) is 28.6 Å². The van der Waals surface area contributed by atoms with Gasteiger partial charge < -0.3 is 14.6 Å². The predicted octanol–water partition coefficient (Wildman–Crippen LogP) is 2.91. The van der Waals surface area contributed by atoms with E-state index in [4.69, 9.17) is 21.3 Å². The van der Waals surface area contributed by atoms with Crippen molar-refractivity contribution in [1.29, 1.82) is 0 Å². The van der Waals surface area contributed by atoms with Gasteiger partial charge in [0.25, 0.3) is 5.56 Å². The van der Waals surface area contributed by atoms with E-state index in [2.05, 4.69) is 14.9 Å². The van der Waals surface area contributed by atoms with Crippen LogP contribution in [0.2, 0.25) is 5.02 Å². The Bertz CT molecular complexity index is 998. The number of thiazole rings is 1. The second kappa shape index (κ2) is 5.75. The number of H-pyrrole nitrogens is 1. The molecule has 24 heavy (non-hydrogen) atoms. The normalized spacial score (nSPS) is 14.0. The molecule has 1 aromatic carbocycles. The minimum Gasteiger partial charge on any atom is -0.494 e. The molecule has 1 aliphatic heterocycles. The number of aryl methyl sites for hydroxylation is 1. The predicted molar refractivity (Wildman–Crippen MR) is 95.5 cm³/mol. The van der Waals surface area contributed by atoms with Crippen molar-refractivity contribution >= 4 is 38.3 Å². The Kier molecular flexibility index (Phi) is 3.69. The van der Waals surface area contributed by atoms with Gasteiger partial charge in [0, 0.05) is 13.0 Å². The quantitative estimate of drug-likeness (QED) is 0.759. The molecule has 8 heteroatoms. The molecule has 3 aromatic rings. The van der Waals surface area contributed by atoms with Crippen molar-refractivity contribution < 1.29 is 4.74 Å². The molecule has 0 bridgehead atoms. The second-order valence-corrected chi connectivity index (χ2v) is 7.06. The molecule has 0 radical (unpaired) electrons. The lowest BCUT2D eigenvalue weighted by Crippen LogP contribution is -2.35. The fraction of sp³-hybridized carbons (Fsp3) is 0.312. The number of nitrogens with zero attached hydrogens (tertiary/aromatic N) is 3. The number of nitrogens with one attached hydrogen (secondary N) is 1. The molecule has 0 spiro atoms. The largest absolute Gasteiger partial charge is 0.494 e. The molecule has 3 heterocycles. The third-order valence-electron chi connectivity index (χ3n) is 4.12. The topological polar surface area (TPSA) is 71.1 Å². The Balaban J connectivity index is 1.76. The van der Waals surface area contributed by atoms with Crippen molar-refractivity contribution in [3.8, 4) is 5.75 Å². The van der Waals surface area contributed by atoms with Gasteiger partial charge in [-0.3, -0.25) is 4.79 Å². The summed E-state index contributed by atoms with van der Waals surface area (Å²) in [5, 5.41) is 1.49. The summed E-state index contributed by atoms with van der Waals surface area (Å²) >= 11 is 7.81. The minimum absolute atomic E-state index is 0.0704. The van der Waals surface area contributed by atoms with Gasteiger partial charge >= 0.3 is 0 Å². The first-order valence-electron chi connectivity index (χ1n) is 7.53. The van der Waals surface area contributed by atoms with Crippen LogP contribution >= 0.6 is 22.9 Å². The van der Waals surface area contributed by atoms with Gasteiger partial charge in [0.05, 0.1) is 34.6 Å².